The molecule has 0 aliphatic carbocycles. The Kier molecular flexibility index (Phi) is 5.28. The molecule has 0 N–H and O–H groups in total. The Morgan fingerprint density at radius 2 is 1.77 bits per heavy atom. The van der Waals surface area contributed by atoms with E-state index >= 15 is 0 Å². The summed E-state index contributed by atoms with van der Waals surface area (Å²) in [6.45, 7) is 0.430. The zero-order valence-corrected chi connectivity index (χ0v) is 17.0. The third kappa shape index (κ3) is 3.91. The van der Waals surface area contributed by atoms with Crippen LogP contribution in [0.3, 0.4) is 0 Å². The van der Waals surface area contributed by atoms with Gasteiger partial charge in [-0.2, -0.15) is 0 Å². The van der Waals surface area contributed by atoms with Crippen LogP contribution in [0, 0.1) is 15.9 Å². The summed E-state index contributed by atoms with van der Waals surface area (Å²) in [6, 6.07) is 16.0. The summed E-state index contributed by atoms with van der Waals surface area (Å²) in [5.41, 5.74) is 0.925. The van der Waals surface area contributed by atoms with Crippen LogP contribution in [0.1, 0.15) is 21.5 Å². The molecule has 0 saturated heterocycles. The van der Waals surface area contributed by atoms with Gasteiger partial charge < -0.3 is 4.90 Å². The second kappa shape index (κ2) is 7.92. The molecule has 0 bridgehead atoms. The van der Waals surface area contributed by atoms with Gasteiger partial charge in [0.05, 0.1) is 10.7 Å². The van der Waals surface area contributed by atoms with Gasteiger partial charge in [-0.05, 0) is 36.2 Å². The predicted molar refractivity (Wildman–Crippen MR) is 112 cm³/mol. The number of amides is 1. The molecule has 4 rings (SSSR count). The average molecular weight is 440 g/mol. The molecule has 0 atom stereocenters. The molecule has 0 spiro atoms. The Morgan fingerprint density at radius 3 is 2.52 bits per heavy atom. The van der Waals surface area contributed by atoms with Crippen LogP contribution >= 0.6 is 0 Å². The first-order valence-electron chi connectivity index (χ1n) is 9.42. The summed E-state index contributed by atoms with van der Waals surface area (Å²) < 4.78 is 39.5. The normalized spacial score (nSPS) is 13.1. The van der Waals surface area contributed by atoms with Crippen molar-refractivity contribution in [3.8, 4) is 0 Å². The Hall–Kier alpha value is -3.59. The van der Waals surface area contributed by atoms with Gasteiger partial charge in [0.2, 0.25) is 0 Å². The molecule has 7 nitrogen and oxygen atoms in total. The molecule has 1 heterocycles. The quantitative estimate of drug-likeness (QED) is 0.443. The minimum absolute atomic E-state index is 0.00763. The molecule has 1 aliphatic rings. The van der Waals surface area contributed by atoms with Crippen LogP contribution in [0.25, 0.3) is 0 Å². The van der Waals surface area contributed by atoms with Gasteiger partial charge >= 0.3 is 0 Å². The molecule has 0 aromatic heterocycles. The lowest BCUT2D eigenvalue weighted by molar-refractivity contribution is -0.387. The van der Waals surface area contributed by atoms with E-state index in [1.807, 2.05) is 12.1 Å². The summed E-state index contributed by atoms with van der Waals surface area (Å²) >= 11 is 0. The number of anilines is 1. The van der Waals surface area contributed by atoms with E-state index in [2.05, 4.69) is 0 Å². The predicted octanol–water partition coefficient (Wildman–Crippen LogP) is 3.91. The van der Waals surface area contributed by atoms with Crippen LogP contribution in [0.5, 0.6) is 0 Å². The number of sulfone groups is 1. The largest absolute Gasteiger partial charge is 0.308 e. The van der Waals surface area contributed by atoms with Gasteiger partial charge in [-0.25, -0.2) is 12.8 Å². The van der Waals surface area contributed by atoms with Crippen LogP contribution < -0.4 is 4.90 Å². The molecule has 3 aromatic carbocycles. The van der Waals surface area contributed by atoms with Crippen molar-refractivity contribution < 1.29 is 22.5 Å². The standard InChI is InChI=1S/C22H17FN2O5S/c23-18-7-3-1-6-17(18)14-31(29,30)21-10-9-16(13-20(21)25(27)28)22(26)24-12-11-15-5-2-4-8-19(15)24/h1-10,13H,11-12,14H2. The van der Waals surface area contributed by atoms with E-state index in [0.717, 1.165) is 29.4 Å². The molecule has 0 fully saturated rings. The Bertz CT molecular complexity index is 1310. The fourth-order valence-electron chi connectivity index (χ4n) is 3.66. The van der Waals surface area contributed by atoms with Crippen molar-refractivity contribution in [2.24, 2.45) is 0 Å². The van der Waals surface area contributed by atoms with Crippen molar-refractivity contribution in [3.05, 3.63) is 99.4 Å². The zero-order valence-electron chi connectivity index (χ0n) is 16.2. The van der Waals surface area contributed by atoms with Crippen molar-refractivity contribution in [2.45, 2.75) is 17.1 Å². The minimum Gasteiger partial charge on any atom is -0.308 e. The van der Waals surface area contributed by atoms with Crippen LogP contribution in [-0.4, -0.2) is 25.8 Å². The van der Waals surface area contributed by atoms with Gasteiger partial charge in [-0.1, -0.05) is 36.4 Å². The zero-order chi connectivity index (χ0) is 22.2. The molecule has 0 unspecified atom stereocenters. The minimum atomic E-state index is -4.23. The van der Waals surface area contributed by atoms with Gasteiger partial charge in [0, 0.05) is 29.4 Å². The first kappa shape index (κ1) is 20.7. The van der Waals surface area contributed by atoms with Crippen LogP contribution in [0.15, 0.2) is 71.6 Å². The fraction of sp³-hybridized carbons (Fsp3) is 0.136. The SMILES string of the molecule is O=C(c1ccc(S(=O)(=O)Cc2ccccc2F)c([N+](=O)[O-])c1)N1CCc2ccccc21. The van der Waals surface area contributed by atoms with Crippen molar-refractivity contribution in [1.82, 2.24) is 0 Å². The summed E-state index contributed by atoms with van der Waals surface area (Å²) in [5.74, 6) is -1.90. The lowest BCUT2D eigenvalue weighted by atomic mass is 10.1. The highest BCUT2D eigenvalue weighted by Crippen LogP contribution is 2.32. The molecule has 158 valence electrons. The molecule has 0 radical (unpaired) electrons. The molecule has 1 aliphatic heterocycles. The maximum atomic E-state index is 13.9. The smallest absolute Gasteiger partial charge is 0.288 e. The number of rotatable bonds is 5. The van der Waals surface area contributed by atoms with Crippen LogP contribution in [-0.2, 0) is 22.0 Å². The highest BCUT2D eigenvalue weighted by molar-refractivity contribution is 7.90. The topological polar surface area (TPSA) is 97.6 Å². The second-order valence-corrected chi connectivity index (χ2v) is 9.08. The number of benzene rings is 3. The van der Waals surface area contributed by atoms with Gasteiger partial charge in [0.15, 0.2) is 9.84 Å². The number of nitro benzene ring substituents is 1. The van der Waals surface area contributed by atoms with E-state index in [1.165, 1.54) is 29.2 Å². The van der Waals surface area contributed by atoms with Crippen LogP contribution in [0.2, 0.25) is 0 Å². The number of halogens is 1. The summed E-state index contributed by atoms with van der Waals surface area (Å²) in [4.78, 5) is 24.7. The molecule has 9 heteroatoms. The number of nitro groups is 1. The van der Waals surface area contributed by atoms with Crippen molar-refractivity contribution in [2.75, 3.05) is 11.4 Å². The lowest BCUT2D eigenvalue weighted by Gasteiger charge is -2.17. The molecule has 1 amide bonds. The number of para-hydroxylation sites is 1. The summed E-state index contributed by atoms with van der Waals surface area (Å²) in [5, 5.41) is 11.6. The number of hydrogen-bond acceptors (Lipinski definition) is 5. The first-order valence-corrected chi connectivity index (χ1v) is 11.1. The van der Waals surface area contributed by atoms with Gasteiger partial charge in [0.25, 0.3) is 11.6 Å². The van der Waals surface area contributed by atoms with E-state index in [0.29, 0.717) is 13.0 Å². The van der Waals surface area contributed by atoms with Crippen molar-refractivity contribution in [1.29, 1.82) is 0 Å². The summed E-state index contributed by atoms with van der Waals surface area (Å²) in [7, 11) is -4.23. The molecular formula is C22H17FN2O5S. The third-order valence-corrected chi connectivity index (χ3v) is 6.88. The van der Waals surface area contributed by atoms with Gasteiger partial charge in [0.1, 0.15) is 10.7 Å². The Labute approximate surface area is 177 Å². The van der Waals surface area contributed by atoms with E-state index in [-0.39, 0.29) is 11.1 Å². The maximum absolute atomic E-state index is 13.9. The third-order valence-electron chi connectivity index (χ3n) is 5.17. The molecular weight excluding hydrogens is 423 g/mol. The maximum Gasteiger partial charge on any atom is 0.288 e. The van der Waals surface area contributed by atoms with Gasteiger partial charge in [-0.3, -0.25) is 14.9 Å². The van der Waals surface area contributed by atoms with E-state index in [4.69, 9.17) is 0 Å². The van der Waals surface area contributed by atoms with E-state index in [9.17, 15) is 27.7 Å². The number of nitrogens with zero attached hydrogens (tertiary/aromatic N) is 2. The first-order chi connectivity index (χ1) is 14.8. The number of carbonyl (C=O) groups is 1. The lowest BCUT2D eigenvalue weighted by Crippen LogP contribution is -2.29. The number of hydrogen-bond donors (Lipinski definition) is 0. The highest BCUT2D eigenvalue weighted by atomic mass is 32.2. The average Bonchev–Trinajstić information content (AvgIpc) is 3.18. The highest BCUT2D eigenvalue weighted by Gasteiger charge is 2.31. The molecule has 0 saturated carbocycles. The summed E-state index contributed by atoms with van der Waals surface area (Å²) in [6.07, 6.45) is 0.666. The van der Waals surface area contributed by atoms with Gasteiger partial charge in [-0.15, -0.1) is 0 Å². The molecule has 31 heavy (non-hydrogen) atoms. The fourth-order valence-corrected chi connectivity index (χ4v) is 5.19. The van der Waals surface area contributed by atoms with Crippen molar-refractivity contribution >= 4 is 27.1 Å². The Balaban J connectivity index is 1.70. The van der Waals surface area contributed by atoms with Crippen molar-refractivity contribution in [3.63, 3.8) is 0 Å². The second-order valence-electron chi connectivity index (χ2n) is 7.13. The number of fused-ring (bicyclic) bond motifs is 1. The number of carbonyl (C=O) groups excluding carboxylic acids is 1. The Morgan fingerprint density at radius 1 is 1.06 bits per heavy atom. The van der Waals surface area contributed by atoms with E-state index < -0.39 is 42.8 Å². The van der Waals surface area contributed by atoms with E-state index in [1.54, 1.807) is 12.1 Å². The molecule has 3 aromatic rings. The van der Waals surface area contributed by atoms with Crippen LogP contribution in [0.4, 0.5) is 15.8 Å². The monoisotopic (exact) mass is 440 g/mol.